The van der Waals surface area contributed by atoms with E-state index in [0.29, 0.717) is 6.42 Å². The number of benzene rings is 1. The van der Waals surface area contributed by atoms with Gasteiger partial charge >= 0.3 is 5.97 Å². The average molecular weight is 340 g/mol. The Labute approximate surface area is 127 Å². The molecule has 2 N–H and O–H groups in total. The van der Waals surface area contributed by atoms with Gasteiger partial charge < -0.3 is 10.4 Å². The molecule has 1 rings (SSSR count). The second-order valence-corrected chi connectivity index (χ2v) is 5.74. The van der Waals surface area contributed by atoms with Gasteiger partial charge in [-0.05, 0) is 30.0 Å². The van der Waals surface area contributed by atoms with Crippen LogP contribution in [0.4, 0.5) is 0 Å². The van der Waals surface area contributed by atoms with Crippen LogP contribution in [-0.4, -0.2) is 23.0 Å². The van der Waals surface area contributed by atoms with Gasteiger partial charge in [0.1, 0.15) is 6.04 Å². The Kier molecular flexibility index (Phi) is 6.45. The van der Waals surface area contributed by atoms with E-state index in [9.17, 15) is 9.59 Å². The molecular formula is C15H18BrNO3. The van der Waals surface area contributed by atoms with E-state index in [1.165, 1.54) is 6.08 Å². The normalized spacial score (nSPS) is 12.6. The van der Waals surface area contributed by atoms with Gasteiger partial charge in [-0.25, -0.2) is 4.79 Å². The van der Waals surface area contributed by atoms with Crippen LogP contribution in [0, 0.1) is 5.92 Å². The van der Waals surface area contributed by atoms with Gasteiger partial charge in [-0.1, -0.05) is 48.0 Å². The van der Waals surface area contributed by atoms with Crippen LogP contribution in [0.2, 0.25) is 0 Å². The highest BCUT2D eigenvalue weighted by molar-refractivity contribution is 9.10. The summed E-state index contributed by atoms with van der Waals surface area (Å²) in [5.74, 6) is -1.22. The largest absolute Gasteiger partial charge is 0.480 e. The molecule has 0 bridgehead atoms. The van der Waals surface area contributed by atoms with Crippen molar-refractivity contribution < 1.29 is 14.7 Å². The minimum atomic E-state index is -1.01. The van der Waals surface area contributed by atoms with Gasteiger partial charge in [0.15, 0.2) is 0 Å². The van der Waals surface area contributed by atoms with Crippen molar-refractivity contribution in [1.29, 1.82) is 0 Å². The zero-order chi connectivity index (χ0) is 15.1. The molecule has 0 saturated heterocycles. The maximum Gasteiger partial charge on any atom is 0.326 e. The zero-order valence-corrected chi connectivity index (χ0v) is 13.1. The molecule has 0 spiro atoms. The summed E-state index contributed by atoms with van der Waals surface area (Å²) in [6.45, 7) is 3.83. The fraction of sp³-hybridized carbons (Fsp3) is 0.333. The van der Waals surface area contributed by atoms with Gasteiger partial charge in [0.25, 0.3) is 0 Å². The first-order chi connectivity index (χ1) is 9.40. The number of carbonyl (C=O) groups is 2. The van der Waals surface area contributed by atoms with Gasteiger partial charge in [0.2, 0.25) is 5.91 Å². The van der Waals surface area contributed by atoms with Crippen molar-refractivity contribution in [3.05, 3.63) is 40.4 Å². The summed E-state index contributed by atoms with van der Waals surface area (Å²) in [6.07, 6.45) is 3.40. The molecule has 0 heterocycles. The molecule has 1 amide bonds. The van der Waals surface area contributed by atoms with Crippen LogP contribution in [-0.2, 0) is 9.59 Å². The number of rotatable bonds is 6. The summed E-state index contributed by atoms with van der Waals surface area (Å²) >= 11 is 3.38. The quantitative estimate of drug-likeness (QED) is 0.782. The average Bonchev–Trinajstić information content (AvgIpc) is 2.36. The predicted molar refractivity (Wildman–Crippen MR) is 82.2 cm³/mol. The molecule has 0 aliphatic rings. The molecule has 4 nitrogen and oxygen atoms in total. The van der Waals surface area contributed by atoms with E-state index >= 15 is 0 Å². The van der Waals surface area contributed by atoms with Crippen LogP contribution in [0.5, 0.6) is 0 Å². The Morgan fingerprint density at radius 1 is 1.35 bits per heavy atom. The van der Waals surface area contributed by atoms with E-state index in [4.69, 9.17) is 5.11 Å². The van der Waals surface area contributed by atoms with Crippen molar-refractivity contribution in [2.75, 3.05) is 0 Å². The molecule has 0 aliphatic heterocycles. The van der Waals surface area contributed by atoms with Crippen molar-refractivity contribution in [1.82, 2.24) is 5.32 Å². The molecule has 0 aromatic heterocycles. The first-order valence-corrected chi connectivity index (χ1v) is 7.15. The number of halogens is 1. The second-order valence-electron chi connectivity index (χ2n) is 4.88. The molecule has 0 fully saturated rings. The van der Waals surface area contributed by atoms with E-state index in [1.54, 1.807) is 6.08 Å². The highest BCUT2D eigenvalue weighted by atomic mass is 79.9. The predicted octanol–water partition coefficient (Wildman–Crippen LogP) is 3.08. The number of hydrogen-bond donors (Lipinski definition) is 2. The first kappa shape index (κ1) is 16.4. The molecule has 1 aromatic carbocycles. The van der Waals surface area contributed by atoms with Crippen LogP contribution in [0.3, 0.4) is 0 Å². The van der Waals surface area contributed by atoms with Crippen molar-refractivity contribution in [2.24, 2.45) is 5.92 Å². The third-order valence-electron chi connectivity index (χ3n) is 2.64. The summed E-state index contributed by atoms with van der Waals surface area (Å²) in [6, 6.07) is 6.62. The molecule has 5 heteroatoms. The Balaban J connectivity index is 2.66. The number of carbonyl (C=O) groups excluding carboxylic acids is 1. The lowest BCUT2D eigenvalue weighted by Crippen LogP contribution is -2.40. The molecule has 1 aromatic rings. The lowest BCUT2D eigenvalue weighted by molar-refractivity contribution is -0.141. The maximum atomic E-state index is 11.7. The summed E-state index contributed by atoms with van der Waals surface area (Å²) < 4.78 is 0.876. The summed E-state index contributed by atoms with van der Waals surface area (Å²) in [7, 11) is 0. The lowest BCUT2D eigenvalue weighted by atomic mass is 10.0. The van der Waals surface area contributed by atoms with E-state index in [2.05, 4.69) is 21.2 Å². The van der Waals surface area contributed by atoms with E-state index in [1.807, 2.05) is 38.1 Å². The molecule has 0 unspecified atom stereocenters. The number of amides is 1. The zero-order valence-electron chi connectivity index (χ0n) is 11.5. The first-order valence-electron chi connectivity index (χ1n) is 6.36. The van der Waals surface area contributed by atoms with E-state index in [0.717, 1.165) is 10.0 Å². The third-order valence-corrected chi connectivity index (χ3v) is 3.36. The third kappa shape index (κ3) is 5.57. The van der Waals surface area contributed by atoms with Crippen LogP contribution >= 0.6 is 15.9 Å². The summed E-state index contributed by atoms with van der Waals surface area (Å²) in [4.78, 5) is 22.8. The van der Waals surface area contributed by atoms with E-state index in [-0.39, 0.29) is 5.92 Å². The molecule has 0 aliphatic carbocycles. The van der Waals surface area contributed by atoms with Crippen LogP contribution in [0.15, 0.2) is 34.8 Å². The number of aliphatic carboxylic acids is 1. The molecule has 0 radical (unpaired) electrons. The maximum absolute atomic E-state index is 11.7. The highest BCUT2D eigenvalue weighted by Gasteiger charge is 2.19. The second kappa shape index (κ2) is 7.85. The Morgan fingerprint density at radius 3 is 2.55 bits per heavy atom. The monoisotopic (exact) mass is 339 g/mol. The molecule has 20 heavy (non-hydrogen) atoms. The summed E-state index contributed by atoms with van der Waals surface area (Å²) in [5, 5.41) is 11.6. The fourth-order valence-electron chi connectivity index (χ4n) is 1.69. The Hall–Kier alpha value is -1.62. The smallest absolute Gasteiger partial charge is 0.326 e. The van der Waals surface area contributed by atoms with Crippen LogP contribution in [0.1, 0.15) is 25.8 Å². The lowest BCUT2D eigenvalue weighted by Gasteiger charge is -2.15. The van der Waals surface area contributed by atoms with Gasteiger partial charge in [-0.2, -0.15) is 0 Å². The van der Waals surface area contributed by atoms with Gasteiger partial charge in [-0.3, -0.25) is 4.79 Å². The number of carboxylic acid groups (broad SMARTS) is 1. The molecule has 0 saturated carbocycles. The Morgan fingerprint density at radius 2 is 2.00 bits per heavy atom. The highest BCUT2D eigenvalue weighted by Crippen LogP contribution is 2.17. The number of hydrogen-bond acceptors (Lipinski definition) is 2. The van der Waals surface area contributed by atoms with Crippen LogP contribution in [0.25, 0.3) is 6.08 Å². The molecular weight excluding hydrogens is 322 g/mol. The minimum absolute atomic E-state index is 0.198. The minimum Gasteiger partial charge on any atom is -0.480 e. The molecule has 1 atom stereocenters. The summed E-state index contributed by atoms with van der Waals surface area (Å²) in [5.41, 5.74) is 0.860. The number of carboxylic acids is 1. The molecule has 108 valence electrons. The fourth-order valence-corrected chi connectivity index (χ4v) is 2.11. The Bertz CT molecular complexity index is 512. The number of nitrogens with one attached hydrogen (secondary N) is 1. The van der Waals surface area contributed by atoms with Crippen molar-refractivity contribution in [3.63, 3.8) is 0 Å². The van der Waals surface area contributed by atoms with Crippen molar-refractivity contribution in [3.8, 4) is 0 Å². The van der Waals surface area contributed by atoms with Crippen LogP contribution < -0.4 is 5.32 Å². The topological polar surface area (TPSA) is 66.4 Å². The van der Waals surface area contributed by atoms with Gasteiger partial charge in [0.05, 0.1) is 0 Å². The van der Waals surface area contributed by atoms with Gasteiger partial charge in [-0.15, -0.1) is 0 Å². The standard InChI is InChI=1S/C15H18BrNO3/c1-10(2)9-13(15(19)20)17-14(18)8-7-11-5-3-4-6-12(11)16/h3-8,10,13H,9H2,1-2H3,(H,17,18)(H,19,20)/b8-7+/t13-/m0/s1. The van der Waals surface area contributed by atoms with E-state index < -0.39 is 17.9 Å². The van der Waals surface area contributed by atoms with Crippen molar-refractivity contribution in [2.45, 2.75) is 26.3 Å². The SMILES string of the molecule is CC(C)C[C@H](NC(=O)/C=C/c1ccccc1Br)C(=O)O. The van der Waals surface area contributed by atoms with Gasteiger partial charge in [0, 0.05) is 10.5 Å². The van der Waals surface area contributed by atoms with Crippen molar-refractivity contribution >= 4 is 33.9 Å².